The fraction of sp³-hybridized carbons (Fsp3) is 0.400. The van der Waals surface area contributed by atoms with Gasteiger partial charge in [0.1, 0.15) is 10.7 Å². The van der Waals surface area contributed by atoms with Crippen molar-refractivity contribution in [3.05, 3.63) is 124 Å². The van der Waals surface area contributed by atoms with E-state index in [9.17, 15) is 47.8 Å². The average Bonchev–Trinajstić information content (AvgIpc) is 2.72. The number of thiophene rings is 1. The lowest BCUT2D eigenvalue weighted by Gasteiger charge is -2.37. The van der Waals surface area contributed by atoms with Gasteiger partial charge in [0.05, 0.1) is 39.9 Å². The Morgan fingerprint density at radius 1 is 0.854 bits per heavy atom. The molecular formula is C55H64ClF4N6O11PS4. The molecule has 6 aromatic rings. The summed E-state index contributed by atoms with van der Waals surface area (Å²) in [5.41, 5.74) is -2.37. The zero-order valence-corrected chi connectivity index (χ0v) is 50.2. The summed E-state index contributed by atoms with van der Waals surface area (Å²) in [7, 11) is -18.8. The molecule has 2 fully saturated rings. The first kappa shape index (κ1) is 62.5. The fourth-order valence-corrected chi connectivity index (χ4v) is 15.3. The fourth-order valence-electron chi connectivity index (χ4n) is 10.6. The molecule has 0 bridgehead atoms. The second kappa shape index (κ2) is 25.4. The number of nitrogens with one attached hydrogen (secondary N) is 2. The van der Waals surface area contributed by atoms with Gasteiger partial charge in [-0.25, -0.2) is 29.6 Å². The SMILES string of the molecule is Cc1c(S(C)(=O)=O)c(-c2cc(F)cc(N3CCN(c4ccc(NS(=O)(=O)c5ccc(NC(CCN6CCC(C(=O)OCCCP(=O)(O)O)CC6)Cc6cccs6)c(S(=O)(=O)C(F)(F)F)c5)cc4)CC3)c2)c(-c2ccc(Cl)cc2)n1C(C)C. The quantitative estimate of drug-likeness (QED) is 0.0215. The predicted molar refractivity (Wildman–Crippen MR) is 312 cm³/mol. The lowest BCUT2D eigenvalue weighted by atomic mass is 9.96. The number of piperazine rings is 1. The first-order valence-electron chi connectivity index (χ1n) is 26.3. The maximum Gasteiger partial charge on any atom is 0.501 e. The molecule has 2 saturated heterocycles. The number of hydrogen-bond acceptors (Lipinski definition) is 14. The summed E-state index contributed by atoms with van der Waals surface area (Å²) in [6, 6.07) is 23.2. The van der Waals surface area contributed by atoms with Crippen molar-refractivity contribution in [1.29, 1.82) is 0 Å². The number of aromatic nitrogens is 1. The Bertz CT molecular complexity index is 3650. The lowest BCUT2D eigenvalue weighted by molar-refractivity contribution is -0.150. The summed E-state index contributed by atoms with van der Waals surface area (Å²) in [4.78, 5) is 35.7. The van der Waals surface area contributed by atoms with E-state index in [-0.39, 0.29) is 29.7 Å². The van der Waals surface area contributed by atoms with E-state index < -0.39 is 88.2 Å². The van der Waals surface area contributed by atoms with E-state index in [1.165, 1.54) is 35.6 Å². The highest BCUT2D eigenvalue weighted by molar-refractivity contribution is 7.93. The summed E-state index contributed by atoms with van der Waals surface area (Å²) in [6.45, 7) is 8.60. The van der Waals surface area contributed by atoms with Crippen LogP contribution in [-0.4, -0.2) is 127 Å². The Morgan fingerprint density at radius 3 is 2.09 bits per heavy atom. The zero-order valence-electron chi connectivity index (χ0n) is 45.3. The molecule has 82 heavy (non-hydrogen) atoms. The van der Waals surface area contributed by atoms with Crippen LogP contribution in [0.4, 0.5) is 40.3 Å². The van der Waals surface area contributed by atoms with Crippen LogP contribution >= 0.6 is 30.5 Å². The van der Waals surface area contributed by atoms with Crippen molar-refractivity contribution in [2.45, 2.75) is 85.2 Å². The minimum absolute atomic E-state index is 0.0171. The normalized spacial score (nSPS) is 15.7. The molecule has 4 aromatic carbocycles. The second-order valence-electron chi connectivity index (χ2n) is 20.8. The number of rotatable bonds is 22. The number of sulfone groups is 2. The Kier molecular flexibility index (Phi) is 19.4. The van der Waals surface area contributed by atoms with Crippen LogP contribution in [0, 0.1) is 18.7 Å². The number of likely N-dealkylation sites (tertiary alicyclic amines) is 1. The van der Waals surface area contributed by atoms with E-state index in [0.29, 0.717) is 122 Å². The van der Waals surface area contributed by atoms with Crippen molar-refractivity contribution >= 4 is 89.0 Å². The minimum Gasteiger partial charge on any atom is -0.465 e. The molecule has 444 valence electrons. The maximum atomic E-state index is 15.8. The van der Waals surface area contributed by atoms with E-state index in [0.717, 1.165) is 23.3 Å². The zero-order chi connectivity index (χ0) is 59.5. The molecule has 1 atom stereocenters. The third-order valence-corrected chi connectivity index (χ3v) is 20.7. The molecule has 2 aliphatic rings. The molecular weight excluding hydrogens is 1190 g/mol. The third kappa shape index (κ3) is 15.1. The van der Waals surface area contributed by atoms with Crippen LogP contribution in [0.1, 0.15) is 56.1 Å². The van der Waals surface area contributed by atoms with E-state index in [1.54, 1.807) is 55.5 Å². The van der Waals surface area contributed by atoms with E-state index >= 15 is 4.39 Å². The molecule has 0 saturated carbocycles. The number of halogens is 5. The number of alkyl halides is 3. The number of carbonyl (C=O) groups excluding carboxylic acids is 1. The highest BCUT2D eigenvalue weighted by atomic mass is 35.5. The monoisotopic (exact) mass is 1250 g/mol. The Morgan fingerprint density at radius 2 is 1.50 bits per heavy atom. The van der Waals surface area contributed by atoms with Crippen molar-refractivity contribution in [2.24, 2.45) is 5.92 Å². The molecule has 8 rings (SSSR count). The molecule has 0 amide bonds. The van der Waals surface area contributed by atoms with Gasteiger partial charge in [-0.3, -0.25) is 14.1 Å². The van der Waals surface area contributed by atoms with Crippen molar-refractivity contribution in [3.63, 3.8) is 0 Å². The molecule has 0 aliphatic carbocycles. The molecule has 0 spiro atoms. The Labute approximate surface area is 484 Å². The maximum absolute atomic E-state index is 15.8. The van der Waals surface area contributed by atoms with Crippen molar-refractivity contribution < 1.29 is 66.7 Å². The number of anilines is 4. The van der Waals surface area contributed by atoms with Gasteiger partial charge >= 0.3 is 19.1 Å². The minimum atomic E-state index is -6.12. The number of sulfonamides is 1. The van der Waals surface area contributed by atoms with Crippen LogP contribution < -0.4 is 19.8 Å². The molecule has 2 aromatic heterocycles. The summed E-state index contributed by atoms with van der Waals surface area (Å²) >= 11 is 7.64. The highest BCUT2D eigenvalue weighted by Crippen LogP contribution is 2.45. The van der Waals surface area contributed by atoms with Gasteiger partial charge in [-0.05, 0) is 155 Å². The molecule has 27 heteroatoms. The van der Waals surface area contributed by atoms with Crippen LogP contribution in [0.5, 0.6) is 0 Å². The average molecular weight is 1260 g/mol. The molecule has 4 N–H and O–H groups in total. The van der Waals surface area contributed by atoms with Crippen molar-refractivity contribution in [2.75, 3.05) is 84.7 Å². The van der Waals surface area contributed by atoms with Gasteiger partial charge in [-0.15, -0.1) is 11.3 Å². The standard InChI is InChI=1S/C55H64ClF4N6O11PS4/c1-36(2)66-37(3)53(80(4,71)72)51(52(66)38-8-10-41(56)11-9-38)40-31-42(57)33-46(32-40)65-26-24-64(25-27-65)45-14-12-43(13-15-45)62-82(75,76)48-16-17-49(50(35-48)81(73,74)55(58,59)60)61-44(34-47-7-5-30-79-47)20-23-63-21-18-39(19-22-63)54(67)77-28-6-29-78(68,69)70/h5,7-17,30-33,35-36,39,44,61-62H,6,18-29,34H2,1-4H3,(H2,68,69,70). The number of ether oxygens (including phenoxy) is 1. The second-order valence-corrected chi connectivity index (χ2v) is 29.5. The van der Waals surface area contributed by atoms with Gasteiger partial charge in [-0.1, -0.05) is 29.8 Å². The summed E-state index contributed by atoms with van der Waals surface area (Å²) in [5.74, 6) is -1.45. The molecule has 4 heterocycles. The van der Waals surface area contributed by atoms with Gasteiger partial charge in [0, 0.05) is 95.7 Å². The molecule has 2 aliphatic heterocycles. The third-order valence-electron chi connectivity index (χ3n) is 14.5. The Hall–Kier alpha value is -5.50. The van der Waals surface area contributed by atoms with Crippen molar-refractivity contribution in [3.8, 4) is 22.4 Å². The largest absolute Gasteiger partial charge is 0.501 e. The van der Waals surface area contributed by atoms with Crippen LogP contribution in [0.2, 0.25) is 5.02 Å². The highest BCUT2D eigenvalue weighted by Gasteiger charge is 2.48. The smallest absolute Gasteiger partial charge is 0.465 e. The number of carbonyl (C=O) groups is 1. The molecule has 17 nitrogen and oxygen atoms in total. The number of nitrogens with zero attached hydrogens (tertiary/aromatic N) is 4. The van der Waals surface area contributed by atoms with Crippen LogP contribution in [-0.2, 0) is 50.2 Å². The van der Waals surface area contributed by atoms with Gasteiger partial charge in [0.2, 0.25) is 0 Å². The lowest BCUT2D eigenvalue weighted by Crippen LogP contribution is -2.46. The molecule has 0 radical (unpaired) electrons. The van der Waals surface area contributed by atoms with Crippen LogP contribution in [0.25, 0.3) is 22.4 Å². The first-order chi connectivity index (χ1) is 38.5. The van der Waals surface area contributed by atoms with Gasteiger partial charge < -0.3 is 39.1 Å². The van der Waals surface area contributed by atoms with E-state index in [4.69, 9.17) is 26.1 Å². The molecule has 1 unspecified atom stereocenters. The van der Waals surface area contributed by atoms with Gasteiger partial charge in [-0.2, -0.15) is 13.2 Å². The van der Waals surface area contributed by atoms with E-state index in [2.05, 4.69) is 14.9 Å². The number of hydrogen-bond donors (Lipinski definition) is 4. The summed E-state index contributed by atoms with van der Waals surface area (Å²) < 4.78 is 161. The number of esters is 1. The number of benzene rings is 4. The topological polar surface area (TPSA) is 225 Å². The number of piperidine rings is 1. The predicted octanol–water partition coefficient (Wildman–Crippen LogP) is 10.6. The summed E-state index contributed by atoms with van der Waals surface area (Å²) in [5, 5.41) is 5.31. The van der Waals surface area contributed by atoms with E-state index in [1.807, 2.05) is 39.7 Å². The van der Waals surface area contributed by atoms with Crippen LogP contribution in [0.15, 0.2) is 117 Å². The van der Waals surface area contributed by atoms with Gasteiger partial charge in [0.25, 0.3) is 19.9 Å². The summed E-state index contributed by atoms with van der Waals surface area (Å²) in [6.07, 6.45) is 2.23. The van der Waals surface area contributed by atoms with Gasteiger partial charge in [0.15, 0.2) is 9.84 Å². The first-order valence-corrected chi connectivity index (χ1v) is 34.2. The van der Waals surface area contributed by atoms with Crippen molar-refractivity contribution in [1.82, 2.24) is 9.47 Å². The Balaban J connectivity index is 0.946. The van der Waals surface area contributed by atoms with Crippen LogP contribution in [0.3, 0.4) is 0 Å².